The van der Waals surface area contributed by atoms with Gasteiger partial charge in [-0.25, -0.2) is 0 Å². The Bertz CT molecular complexity index is 948. The molecular formula is C33H51N5. The molecule has 0 amide bonds. The Morgan fingerprint density at radius 2 is 1.89 bits per heavy atom. The number of likely N-dealkylation sites (tertiary alicyclic amines) is 2. The summed E-state index contributed by atoms with van der Waals surface area (Å²) in [6, 6.07) is 2.33. The number of piperidine rings is 1. The first-order chi connectivity index (χ1) is 18.5. The zero-order valence-corrected chi connectivity index (χ0v) is 24.3. The lowest BCUT2D eigenvalue weighted by molar-refractivity contribution is 0.205. The fourth-order valence-corrected chi connectivity index (χ4v) is 5.20. The van der Waals surface area contributed by atoms with Crippen LogP contribution in [0, 0.1) is 23.2 Å². The van der Waals surface area contributed by atoms with E-state index in [0.717, 1.165) is 49.9 Å². The van der Waals surface area contributed by atoms with E-state index in [1.807, 2.05) is 13.1 Å². The van der Waals surface area contributed by atoms with Crippen molar-refractivity contribution in [1.29, 1.82) is 5.26 Å². The van der Waals surface area contributed by atoms with Crippen molar-refractivity contribution in [2.24, 2.45) is 11.8 Å². The zero-order chi connectivity index (χ0) is 27.2. The average Bonchev–Trinajstić information content (AvgIpc) is 3.76. The van der Waals surface area contributed by atoms with Crippen LogP contribution in [0.4, 0.5) is 0 Å². The lowest BCUT2D eigenvalue weighted by Crippen LogP contribution is -2.37. The summed E-state index contributed by atoms with van der Waals surface area (Å²) >= 11 is 0. The number of allylic oxidation sites excluding steroid dienone is 9. The summed E-state index contributed by atoms with van der Waals surface area (Å²) in [5.41, 5.74) is 5.68. The first kappa shape index (κ1) is 30.0. The van der Waals surface area contributed by atoms with E-state index in [-0.39, 0.29) is 5.92 Å². The molecule has 2 N–H and O–H groups in total. The number of nitrogens with one attached hydrogen (secondary N) is 2. The van der Waals surface area contributed by atoms with Crippen LogP contribution in [0.1, 0.15) is 65.2 Å². The Morgan fingerprint density at radius 1 is 1.13 bits per heavy atom. The highest BCUT2D eigenvalue weighted by Gasteiger charge is 2.24. The van der Waals surface area contributed by atoms with Crippen molar-refractivity contribution >= 4 is 0 Å². The van der Waals surface area contributed by atoms with E-state index in [1.165, 1.54) is 75.7 Å². The van der Waals surface area contributed by atoms with Crippen LogP contribution in [-0.2, 0) is 0 Å². The molecule has 0 bridgehead atoms. The quantitative estimate of drug-likeness (QED) is 0.428. The van der Waals surface area contributed by atoms with E-state index in [0.29, 0.717) is 0 Å². The van der Waals surface area contributed by atoms with Gasteiger partial charge in [0.2, 0.25) is 0 Å². The van der Waals surface area contributed by atoms with Crippen molar-refractivity contribution in [3.8, 4) is 6.07 Å². The molecule has 2 saturated heterocycles. The molecule has 0 spiro atoms. The van der Waals surface area contributed by atoms with Crippen molar-refractivity contribution in [2.45, 2.75) is 65.2 Å². The molecule has 1 saturated carbocycles. The molecule has 0 radical (unpaired) electrons. The molecule has 5 aliphatic rings. The van der Waals surface area contributed by atoms with Gasteiger partial charge < -0.3 is 20.4 Å². The average molecular weight is 518 g/mol. The summed E-state index contributed by atoms with van der Waals surface area (Å²) in [5, 5.41) is 15.4. The largest absolute Gasteiger partial charge is 0.368 e. The van der Waals surface area contributed by atoms with E-state index in [4.69, 9.17) is 5.26 Å². The second kappa shape index (κ2) is 16.4. The van der Waals surface area contributed by atoms with Crippen molar-refractivity contribution in [2.75, 3.05) is 52.9 Å². The molecule has 0 aromatic heterocycles. The Morgan fingerprint density at radius 3 is 2.50 bits per heavy atom. The Hall–Kier alpha value is -2.55. The summed E-state index contributed by atoms with van der Waals surface area (Å²) in [6.45, 7) is 15.8. The van der Waals surface area contributed by atoms with Gasteiger partial charge in [0.1, 0.15) is 5.82 Å². The molecule has 1 unspecified atom stereocenters. The lowest BCUT2D eigenvalue weighted by Gasteiger charge is -2.30. The third-order valence-electron chi connectivity index (χ3n) is 7.92. The monoisotopic (exact) mass is 517 g/mol. The minimum atomic E-state index is 0.186. The number of hydrogen-bond acceptors (Lipinski definition) is 5. The molecule has 208 valence electrons. The number of nitriles is 1. The van der Waals surface area contributed by atoms with Gasteiger partial charge in [-0.3, -0.25) is 0 Å². The number of hydrogen-bond donors (Lipinski definition) is 2. The lowest BCUT2D eigenvalue weighted by atomic mass is 9.90. The summed E-state index contributed by atoms with van der Waals surface area (Å²) in [7, 11) is 2.03. The van der Waals surface area contributed by atoms with Crippen molar-refractivity contribution in [3.05, 3.63) is 71.1 Å². The van der Waals surface area contributed by atoms with Gasteiger partial charge in [0.25, 0.3) is 0 Å². The molecular weight excluding hydrogens is 466 g/mol. The highest BCUT2D eigenvalue weighted by molar-refractivity contribution is 5.44. The zero-order valence-electron chi connectivity index (χ0n) is 24.3. The number of rotatable bonds is 7. The molecule has 1 atom stereocenters. The molecule has 0 aromatic rings. The Kier molecular flexibility index (Phi) is 13.0. The van der Waals surface area contributed by atoms with Crippen molar-refractivity contribution < 1.29 is 0 Å². The molecule has 38 heavy (non-hydrogen) atoms. The fraction of sp³-hybridized carbons (Fsp3) is 0.606. The van der Waals surface area contributed by atoms with Gasteiger partial charge in [-0.2, -0.15) is 5.26 Å². The number of nitrogens with zero attached hydrogens (tertiary/aromatic N) is 3. The maximum absolute atomic E-state index is 8.84. The highest BCUT2D eigenvalue weighted by atomic mass is 15.3. The van der Waals surface area contributed by atoms with E-state index < -0.39 is 0 Å². The van der Waals surface area contributed by atoms with Gasteiger partial charge in [-0.15, -0.1) is 0 Å². The first-order valence-electron chi connectivity index (χ1n) is 14.9. The van der Waals surface area contributed by atoms with Crippen LogP contribution in [0.3, 0.4) is 0 Å². The molecule has 3 aliphatic heterocycles. The molecule has 0 aromatic carbocycles. The predicted molar refractivity (Wildman–Crippen MR) is 161 cm³/mol. The Balaban J connectivity index is 0.000000195. The molecule has 5 rings (SSSR count). The SMILES string of the molecule is C1CC1.C=CC1=CCNC(N2CCC(C#N)C2)=C1.CNCCN1CCC(/C=C/C2=C(C)CCC=C2C)CC1. The van der Waals surface area contributed by atoms with Gasteiger partial charge in [0, 0.05) is 32.7 Å². The molecule has 5 heteroatoms. The summed E-state index contributed by atoms with van der Waals surface area (Å²) in [4.78, 5) is 4.82. The van der Waals surface area contributed by atoms with E-state index in [1.54, 1.807) is 5.57 Å². The summed E-state index contributed by atoms with van der Waals surface area (Å²) in [5.74, 6) is 2.09. The third-order valence-corrected chi connectivity index (χ3v) is 7.92. The highest BCUT2D eigenvalue weighted by Crippen LogP contribution is 2.27. The van der Waals surface area contributed by atoms with Crippen LogP contribution in [0.25, 0.3) is 0 Å². The molecule has 3 heterocycles. The fourth-order valence-electron chi connectivity index (χ4n) is 5.20. The van der Waals surface area contributed by atoms with Crippen LogP contribution in [-0.4, -0.2) is 62.7 Å². The minimum absolute atomic E-state index is 0.186. The van der Waals surface area contributed by atoms with E-state index in [9.17, 15) is 0 Å². The predicted octanol–water partition coefficient (Wildman–Crippen LogP) is 6.09. The second-order valence-corrected chi connectivity index (χ2v) is 11.2. The van der Waals surface area contributed by atoms with Crippen LogP contribution in [0.15, 0.2) is 71.1 Å². The minimum Gasteiger partial charge on any atom is -0.368 e. The van der Waals surface area contributed by atoms with Crippen LogP contribution >= 0.6 is 0 Å². The van der Waals surface area contributed by atoms with Crippen LogP contribution in [0.5, 0.6) is 0 Å². The van der Waals surface area contributed by atoms with Gasteiger partial charge in [-0.05, 0) is 94.8 Å². The normalized spacial score (nSPS) is 23.7. The smallest absolute Gasteiger partial charge is 0.102 e. The summed E-state index contributed by atoms with van der Waals surface area (Å²) < 4.78 is 0. The maximum atomic E-state index is 8.84. The number of dihydropyridines is 1. The van der Waals surface area contributed by atoms with Gasteiger partial charge >= 0.3 is 0 Å². The molecule has 5 nitrogen and oxygen atoms in total. The van der Waals surface area contributed by atoms with Crippen LogP contribution in [0.2, 0.25) is 0 Å². The van der Waals surface area contributed by atoms with E-state index in [2.05, 4.69) is 77.3 Å². The Labute approximate surface area is 232 Å². The van der Waals surface area contributed by atoms with E-state index >= 15 is 0 Å². The summed E-state index contributed by atoms with van der Waals surface area (Å²) in [6.07, 6.45) is 23.9. The van der Waals surface area contributed by atoms with Crippen molar-refractivity contribution in [3.63, 3.8) is 0 Å². The van der Waals surface area contributed by atoms with Gasteiger partial charge in [0.15, 0.2) is 0 Å². The first-order valence-corrected chi connectivity index (χ1v) is 14.9. The molecule has 2 aliphatic carbocycles. The van der Waals surface area contributed by atoms with Crippen molar-refractivity contribution in [1.82, 2.24) is 20.4 Å². The van der Waals surface area contributed by atoms with Crippen LogP contribution < -0.4 is 10.6 Å². The van der Waals surface area contributed by atoms with Gasteiger partial charge in [-0.1, -0.05) is 61.8 Å². The molecule has 3 fully saturated rings. The maximum Gasteiger partial charge on any atom is 0.102 e. The standard InChI is InChI=1S/C18H30N2.C12H15N3.C3H6/c1-15-5-4-6-16(2)18(15)8-7-17-9-12-20(13-10-17)14-11-19-3;1-2-10-3-5-14-12(7-10)15-6-4-11(8-13)9-15;1-2-3-1/h5,7-8,17,19H,4,6,9-14H2,1-3H3;2-3,7,11,14H,1,4-6,9H2;1-3H2/b8-7+;;. The van der Waals surface area contributed by atoms with Gasteiger partial charge in [0.05, 0.1) is 12.0 Å². The topological polar surface area (TPSA) is 54.3 Å². The third kappa shape index (κ3) is 10.3. The number of likely N-dealkylation sites (N-methyl/N-ethyl adjacent to an activating group) is 1. The second-order valence-electron chi connectivity index (χ2n) is 11.2.